The van der Waals surface area contributed by atoms with Gasteiger partial charge in [0.1, 0.15) is 13.0 Å². The Labute approximate surface area is 161 Å². The number of carbonyl (C=O) groups is 3. The number of rotatable bonds is 4. The van der Waals surface area contributed by atoms with Gasteiger partial charge in [-0.15, -0.1) is 0 Å². The van der Waals surface area contributed by atoms with Gasteiger partial charge in [0, 0.05) is 0 Å². The van der Waals surface area contributed by atoms with Gasteiger partial charge in [-0.05, 0) is 25.0 Å². The summed E-state index contributed by atoms with van der Waals surface area (Å²) in [6.45, 7) is 2.57. The van der Waals surface area contributed by atoms with Crippen LogP contribution in [0.2, 0.25) is 0 Å². The van der Waals surface area contributed by atoms with Crippen LogP contribution in [0.1, 0.15) is 20.3 Å². The van der Waals surface area contributed by atoms with Crippen LogP contribution in [0.15, 0.2) is 0 Å². The molecule has 1 N–H and O–H groups in total. The van der Waals surface area contributed by atoms with Gasteiger partial charge in [-0.3, -0.25) is 14.5 Å². The van der Waals surface area contributed by atoms with Crippen molar-refractivity contribution in [2.45, 2.75) is 46.3 Å². The molecule has 8 nitrogen and oxygen atoms in total. The van der Waals surface area contributed by atoms with Crippen molar-refractivity contribution >= 4 is 63.8 Å². The van der Waals surface area contributed by atoms with Crippen LogP contribution in [-0.4, -0.2) is 59.8 Å². The normalized spacial score (nSPS) is 30.1. The molecule has 0 aliphatic carbocycles. The molecule has 0 aromatic rings. The average molecular weight is 431 g/mol. The third-order valence-corrected chi connectivity index (χ3v) is 6.44. The lowest BCUT2D eigenvalue weighted by Gasteiger charge is -2.41. The summed E-state index contributed by atoms with van der Waals surface area (Å²) in [4.78, 5) is 37.4. The standard InChI is InChI=1S/C13H14Cl3N3O5S/c1-12(2)8(11(22)24-5-13(14,15)16)19-9(21)7(10(19)25(12)23)18-6(20)3-4-17/h7-8,10H,3,5H2,1-2H3,(H,18,20)/t7-,8+,10-,25?/m1/s1. The first-order valence-electron chi connectivity index (χ1n) is 7.04. The van der Waals surface area contributed by atoms with E-state index in [1.807, 2.05) is 0 Å². The van der Waals surface area contributed by atoms with Crippen LogP contribution in [0.3, 0.4) is 0 Å². The van der Waals surface area contributed by atoms with Gasteiger partial charge in [0.05, 0.1) is 6.07 Å². The van der Waals surface area contributed by atoms with E-state index in [2.05, 4.69) is 5.32 Å². The van der Waals surface area contributed by atoms with Gasteiger partial charge in [-0.2, -0.15) is 5.26 Å². The molecule has 1 unspecified atom stereocenters. The second-order valence-electron chi connectivity index (χ2n) is 6.04. The molecule has 25 heavy (non-hydrogen) atoms. The molecule has 2 heterocycles. The number of nitrogens with one attached hydrogen (secondary N) is 1. The summed E-state index contributed by atoms with van der Waals surface area (Å²) in [5.74, 6) is -2.08. The van der Waals surface area contributed by atoms with Crippen molar-refractivity contribution in [3.05, 3.63) is 0 Å². The Kier molecular flexibility index (Phi) is 5.71. The summed E-state index contributed by atoms with van der Waals surface area (Å²) < 4.78 is 14.7. The highest BCUT2D eigenvalue weighted by molar-refractivity contribution is 7.94. The number of nitrogens with zero attached hydrogens (tertiary/aromatic N) is 2. The van der Waals surface area contributed by atoms with Gasteiger partial charge in [0.15, 0.2) is 16.8 Å². The first-order chi connectivity index (χ1) is 11.4. The summed E-state index contributed by atoms with van der Waals surface area (Å²) in [5.41, 5.74) is 0. The molecule has 0 spiro atoms. The summed E-state index contributed by atoms with van der Waals surface area (Å²) in [6, 6.07) is -0.529. The molecule has 2 amide bonds. The number of esters is 1. The highest BCUT2D eigenvalue weighted by Crippen LogP contribution is 2.46. The molecular formula is C13H14Cl3N3O5S. The van der Waals surface area contributed by atoms with Crippen LogP contribution in [0.25, 0.3) is 0 Å². The van der Waals surface area contributed by atoms with Crippen LogP contribution in [-0.2, 0) is 30.3 Å². The molecule has 2 aliphatic rings. The maximum absolute atomic E-state index is 12.7. The van der Waals surface area contributed by atoms with Crippen molar-refractivity contribution < 1.29 is 23.7 Å². The van der Waals surface area contributed by atoms with Crippen LogP contribution < -0.4 is 5.32 Å². The fraction of sp³-hybridized carbons (Fsp3) is 0.692. The van der Waals surface area contributed by atoms with Crippen LogP contribution in [0.4, 0.5) is 0 Å². The van der Waals surface area contributed by atoms with Gasteiger partial charge < -0.3 is 14.6 Å². The van der Waals surface area contributed by atoms with E-state index >= 15 is 0 Å². The Bertz CT molecular complexity index is 648. The van der Waals surface area contributed by atoms with E-state index in [1.165, 1.54) is 0 Å². The average Bonchev–Trinajstić information content (AvgIpc) is 2.67. The molecule has 2 rings (SSSR count). The zero-order chi connectivity index (χ0) is 19.2. The number of ether oxygens (including phenoxy) is 1. The molecule has 0 aromatic carbocycles. The van der Waals surface area contributed by atoms with E-state index in [4.69, 9.17) is 44.8 Å². The number of nitriles is 1. The molecule has 0 saturated carbocycles. The first kappa shape index (κ1) is 20.4. The van der Waals surface area contributed by atoms with E-state index in [0.29, 0.717) is 0 Å². The number of hydrogen-bond acceptors (Lipinski definition) is 6. The number of alkyl halides is 3. The smallest absolute Gasteiger partial charge is 0.334 e. The van der Waals surface area contributed by atoms with Crippen molar-refractivity contribution in [3.63, 3.8) is 0 Å². The molecule has 12 heteroatoms. The topological polar surface area (TPSA) is 123 Å². The first-order valence-corrected chi connectivity index (χ1v) is 9.39. The minimum absolute atomic E-state index is 0.429. The molecule has 2 saturated heterocycles. The molecule has 2 aliphatic heterocycles. The SMILES string of the molecule is CC1(C)[C@H](C(=O)OCC(Cl)(Cl)Cl)N2C(=O)[C@@H](NC(=O)CC#N)[C@H]2[S+]1[O-]. The van der Waals surface area contributed by atoms with Crippen molar-refractivity contribution in [3.8, 4) is 6.07 Å². The molecule has 0 aromatic heterocycles. The van der Waals surface area contributed by atoms with Gasteiger partial charge in [0.25, 0.3) is 5.91 Å². The maximum Gasteiger partial charge on any atom is 0.334 e. The number of amides is 2. The second kappa shape index (κ2) is 7.00. The maximum atomic E-state index is 12.7. The highest BCUT2D eigenvalue weighted by atomic mass is 35.6. The van der Waals surface area contributed by atoms with E-state index < -0.39 is 68.0 Å². The Balaban J connectivity index is 2.17. The third-order valence-electron chi connectivity index (χ3n) is 3.91. The van der Waals surface area contributed by atoms with E-state index in [0.717, 1.165) is 4.90 Å². The Morgan fingerprint density at radius 3 is 2.60 bits per heavy atom. The minimum atomic E-state index is -1.82. The zero-order valence-corrected chi connectivity index (χ0v) is 16.2. The van der Waals surface area contributed by atoms with Crippen molar-refractivity contribution in [1.82, 2.24) is 10.2 Å². The highest BCUT2D eigenvalue weighted by Gasteiger charge is 2.73. The van der Waals surface area contributed by atoms with Crippen molar-refractivity contribution in [2.24, 2.45) is 0 Å². The Hall–Kier alpha value is -0.920. The molecule has 0 radical (unpaired) electrons. The Morgan fingerprint density at radius 1 is 1.48 bits per heavy atom. The summed E-state index contributed by atoms with van der Waals surface area (Å²) in [7, 11) is 0. The molecular weight excluding hydrogens is 417 g/mol. The molecule has 138 valence electrons. The van der Waals surface area contributed by atoms with E-state index in [1.54, 1.807) is 19.9 Å². The van der Waals surface area contributed by atoms with E-state index in [9.17, 15) is 18.9 Å². The van der Waals surface area contributed by atoms with Crippen LogP contribution in [0, 0.1) is 11.3 Å². The van der Waals surface area contributed by atoms with Crippen molar-refractivity contribution in [2.75, 3.05) is 6.61 Å². The summed E-state index contributed by atoms with van der Waals surface area (Å²) >= 11 is 15.0. The molecule has 2 fully saturated rings. The molecule has 0 bridgehead atoms. The van der Waals surface area contributed by atoms with Gasteiger partial charge >= 0.3 is 5.97 Å². The number of hydrogen-bond donors (Lipinski definition) is 1. The fourth-order valence-electron chi connectivity index (χ4n) is 2.80. The molecule has 4 atom stereocenters. The van der Waals surface area contributed by atoms with Crippen LogP contribution >= 0.6 is 34.8 Å². The number of β-lactam (4-membered cyclic amide) rings is 1. The van der Waals surface area contributed by atoms with Crippen molar-refractivity contribution in [1.29, 1.82) is 5.26 Å². The lowest BCUT2D eigenvalue weighted by Crippen LogP contribution is -2.72. The van der Waals surface area contributed by atoms with Crippen LogP contribution in [0.5, 0.6) is 0 Å². The summed E-state index contributed by atoms with van der Waals surface area (Å²) in [5, 5.41) is 9.99. The van der Waals surface area contributed by atoms with Gasteiger partial charge in [0.2, 0.25) is 15.1 Å². The zero-order valence-electron chi connectivity index (χ0n) is 13.1. The quantitative estimate of drug-likeness (QED) is 0.298. The Morgan fingerprint density at radius 2 is 2.08 bits per heavy atom. The lowest BCUT2D eigenvalue weighted by atomic mass is 9.96. The second-order valence-corrected chi connectivity index (χ2v) is 10.7. The van der Waals surface area contributed by atoms with E-state index in [-0.39, 0.29) is 0 Å². The monoisotopic (exact) mass is 429 g/mol. The number of carbonyl (C=O) groups excluding carboxylic acids is 3. The largest absolute Gasteiger partial charge is 0.614 e. The number of fused-ring (bicyclic) bond motifs is 1. The number of halogens is 3. The minimum Gasteiger partial charge on any atom is -0.614 e. The fourth-order valence-corrected chi connectivity index (χ4v) is 4.88. The van der Waals surface area contributed by atoms with Gasteiger partial charge in [-0.1, -0.05) is 34.8 Å². The lowest BCUT2D eigenvalue weighted by molar-refractivity contribution is -0.164. The third kappa shape index (κ3) is 3.78. The summed E-state index contributed by atoms with van der Waals surface area (Å²) in [6.07, 6.45) is -0.429. The predicted octanol–water partition coefficient (Wildman–Crippen LogP) is 0.376. The predicted molar refractivity (Wildman–Crippen MR) is 90.1 cm³/mol. The van der Waals surface area contributed by atoms with Gasteiger partial charge in [-0.25, -0.2) is 4.79 Å².